The number of carboxylic acid groups (broad SMARTS) is 1. The van der Waals surface area contributed by atoms with E-state index in [1.165, 1.54) is 6.33 Å². The Balaban J connectivity index is 1.70. The Kier molecular flexibility index (Phi) is 4.35. The number of hydrogen-bond donors (Lipinski definition) is 1. The molecular weight excluding hydrogens is 350 g/mol. The van der Waals surface area contributed by atoms with Crippen LogP contribution in [0.3, 0.4) is 0 Å². The number of piperidine rings is 1. The lowest BCUT2D eigenvalue weighted by Crippen LogP contribution is -2.37. The van der Waals surface area contributed by atoms with E-state index >= 15 is 0 Å². The van der Waals surface area contributed by atoms with Crippen LogP contribution in [-0.4, -0.2) is 45.6 Å². The van der Waals surface area contributed by atoms with Gasteiger partial charge in [-0.3, -0.25) is 14.9 Å². The maximum atomic E-state index is 11.9. The zero-order valence-corrected chi connectivity index (χ0v) is 14.6. The number of aliphatic carboxylic acids is 1. The summed E-state index contributed by atoms with van der Waals surface area (Å²) in [6.45, 7) is 1.47. The average Bonchev–Trinajstić information content (AvgIpc) is 3.11. The van der Waals surface area contributed by atoms with Gasteiger partial charge in [0.15, 0.2) is 0 Å². The van der Waals surface area contributed by atoms with Crippen molar-refractivity contribution in [2.24, 2.45) is 5.92 Å². The average molecular weight is 369 g/mol. The quantitative estimate of drug-likeness (QED) is 0.646. The summed E-state index contributed by atoms with van der Waals surface area (Å²) in [5.74, 6) is -0.679. The number of benzene rings is 1. The molecule has 0 atom stereocenters. The molecule has 140 valence electrons. The summed E-state index contributed by atoms with van der Waals surface area (Å²) in [5, 5.41) is 21.1. The van der Waals surface area contributed by atoms with E-state index < -0.39 is 16.8 Å². The zero-order valence-electron chi connectivity index (χ0n) is 14.6. The molecule has 9 heteroatoms. The summed E-state index contributed by atoms with van der Waals surface area (Å²) in [5.41, 5.74) is 1.94. The topological polar surface area (TPSA) is 113 Å². The lowest BCUT2D eigenvalue weighted by Gasteiger charge is -2.31. The first-order valence-corrected chi connectivity index (χ1v) is 8.89. The molecule has 0 spiro atoms. The fraction of sp³-hybridized carbons (Fsp3) is 0.389. The third-order valence-corrected chi connectivity index (χ3v) is 5.25. The van der Waals surface area contributed by atoms with E-state index in [0.29, 0.717) is 32.5 Å². The van der Waals surface area contributed by atoms with E-state index in [1.54, 1.807) is 4.90 Å². The molecule has 4 rings (SSSR count). The number of para-hydroxylation sites is 1. The third-order valence-electron chi connectivity index (χ3n) is 5.25. The van der Waals surface area contributed by atoms with Gasteiger partial charge in [0, 0.05) is 25.3 Å². The summed E-state index contributed by atoms with van der Waals surface area (Å²) in [6.07, 6.45) is 3.04. The van der Waals surface area contributed by atoms with Crippen molar-refractivity contribution in [1.82, 2.24) is 9.97 Å². The normalized spacial score (nSPS) is 17.0. The van der Waals surface area contributed by atoms with Gasteiger partial charge in [-0.1, -0.05) is 18.2 Å². The highest BCUT2D eigenvalue weighted by molar-refractivity contribution is 5.79. The molecule has 1 fully saturated rings. The molecule has 1 saturated heterocycles. The summed E-state index contributed by atoms with van der Waals surface area (Å²) < 4.78 is 0. The summed E-state index contributed by atoms with van der Waals surface area (Å²) in [7, 11) is 0. The largest absolute Gasteiger partial charge is 0.481 e. The standard InChI is InChI=1S/C18H19N5O4/c24-18(25)13-5-8-21(9-6-13)16-15(23(26)27)17(20-11-19-16)22-10-7-12-3-1-2-4-14(12)22/h1-4,11,13H,5-10H2,(H,24,25). The highest BCUT2D eigenvalue weighted by Gasteiger charge is 2.35. The molecule has 27 heavy (non-hydrogen) atoms. The number of hydrogen-bond acceptors (Lipinski definition) is 7. The maximum Gasteiger partial charge on any atom is 0.353 e. The van der Waals surface area contributed by atoms with Gasteiger partial charge in [0.1, 0.15) is 6.33 Å². The molecule has 2 aliphatic rings. The second-order valence-electron chi connectivity index (χ2n) is 6.76. The third kappa shape index (κ3) is 3.05. The fourth-order valence-corrected chi connectivity index (χ4v) is 3.85. The van der Waals surface area contributed by atoms with Crippen LogP contribution in [-0.2, 0) is 11.2 Å². The second-order valence-corrected chi connectivity index (χ2v) is 6.76. The van der Waals surface area contributed by atoms with Gasteiger partial charge < -0.3 is 14.9 Å². The number of carbonyl (C=O) groups is 1. The van der Waals surface area contributed by atoms with Gasteiger partial charge in [-0.2, -0.15) is 0 Å². The summed E-state index contributed by atoms with van der Waals surface area (Å²) in [6, 6.07) is 7.81. The Morgan fingerprint density at radius 2 is 1.85 bits per heavy atom. The number of anilines is 3. The molecule has 0 bridgehead atoms. The van der Waals surface area contributed by atoms with E-state index in [9.17, 15) is 14.9 Å². The monoisotopic (exact) mass is 369 g/mol. The first-order chi connectivity index (χ1) is 13.1. The van der Waals surface area contributed by atoms with Crippen LogP contribution in [0.4, 0.5) is 23.0 Å². The molecule has 2 aromatic rings. The second kappa shape index (κ2) is 6.82. The summed E-state index contributed by atoms with van der Waals surface area (Å²) in [4.78, 5) is 34.7. The Labute approximate surface area is 155 Å². The van der Waals surface area contributed by atoms with Gasteiger partial charge in [0.2, 0.25) is 11.6 Å². The molecule has 0 amide bonds. The molecule has 0 aliphatic carbocycles. The van der Waals surface area contributed by atoms with Crippen molar-refractivity contribution >= 4 is 29.0 Å². The molecule has 1 aromatic heterocycles. The van der Waals surface area contributed by atoms with Crippen LogP contribution in [0.15, 0.2) is 30.6 Å². The number of nitrogens with zero attached hydrogens (tertiary/aromatic N) is 5. The van der Waals surface area contributed by atoms with Gasteiger partial charge in [0.25, 0.3) is 0 Å². The molecule has 0 radical (unpaired) electrons. The maximum absolute atomic E-state index is 11.9. The Morgan fingerprint density at radius 3 is 2.56 bits per heavy atom. The van der Waals surface area contributed by atoms with Crippen molar-refractivity contribution in [3.8, 4) is 0 Å². The van der Waals surface area contributed by atoms with Crippen LogP contribution in [0.25, 0.3) is 0 Å². The highest BCUT2D eigenvalue weighted by atomic mass is 16.6. The molecular formula is C18H19N5O4. The van der Waals surface area contributed by atoms with Crippen LogP contribution in [0.2, 0.25) is 0 Å². The SMILES string of the molecule is O=C(O)C1CCN(c2ncnc(N3CCc4ccccc43)c2[N+](=O)[O-])CC1. The van der Waals surface area contributed by atoms with Crippen molar-refractivity contribution in [2.75, 3.05) is 29.4 Å². The van der Waals surface area contributed by atoms with Crippen LogP contribution < -0.4 is 9.80 Å². The fourth-order valence-electron chi connectivity index (χ4n) is 3.85. The van der Waals surface area contributed by atoms with E-state index in [-0.39, 0.29) is 17.3 Å². The molecule has 0 unspecified atom stereocenters. The van der Waals surface area contributed by atoms with E-state index in [2.05, 4.69) is 9.97 Å². The lowest BCUT2D eigenvalue weighted by atomic mass is 9.97. The molecule has 0 saturated carbocycles. The molecule has 9 nitrogen and oxygen atoms in total. The first kappa shape index (κ1) is 17.2. The molecule has 3 heterocycles. The smallest absolute Gasteiger partial charge is 0.353 e. The van der Waals surface area contributed by atoms with Gasteiger partial charge in [-0.05, 0) is 30.9 Å². The van der Waals surface area contributed by atoms with Crippen molar-refractivity contribution in [1.29, 1.82) is 0 Å². The number of rotatable bonds is 4. The molecule has 1 N–H and O–H groups in total. The lowest BCUT2D eigenvalue weighted by molar-refractivity contribution is -0.383. The number of aromatic nitrogens is 2. The van der Waals surface area contributed by atoms with E-state index in [0.717, 1.165) is 17.7 Å². The van der Waals surface area contributed by atoms with Crippen LogP contribution in [0.5, 0.6) is 0 Å². The van der Waals surface area contributed by atoms with Gasteiger partial charge >= 0.3 is 11.7 Å². The Hall–Kier alpha value is -3.23. The van der Waals surface area contributed by atoms with Crippen LogP contribution >= 0.6 is 0 Å². The number of nitro groups is 1. The highest BCUT2D eigenvalue weighted by Crippen LogP contribution is 2.41. The van der Waals surface area contributed by atoms with E-state index in [4.69, 9.17) is 5.11 Å². The van der Waals surface area contributed by atoms with Gasteiger partial charge in [-0.25, -0.2) is 9.97 Å². The molecule has 2 aliphatic heterocycles. The van der Waals surface area contributed by atoms with Gasteiger partial charge in [0.05, 0.1) is 10.8 Å². The van der Waals surface area contributed by atoms with Crippen LogP contribution in [0, 0.1) is 16.0 Å². The first-order valence-electron chi connectivity index (χ1n) is 8.89. The van der Waals surface area contributed by atoms with Crippen molar-refractivity contribution < 1.29 is 14.8 Å². The van der Waals surface area contributed by atoms with Crippen molar-refractivity contribution in [2.45, 2.75) is 19.3 Å². The minimum absolute atomic E-state index is 0.122. The van der Waals surface area contributed by atoms with E-state index in [1.807, 2.05) is 29.2 Å². The van der Waals surface area contributed by atoms with Crippen molar-refractivity contribution in [3.63, 3.8) is 0 Å². The van der Waals surface area contributed by atoms with Crippen molar-refractivity contribution in [3.05, 3.63) is 46.3 Å². The predicted octanol–water partition coefficient (Wildman–Crippen LogP) is 2.38. The molecule has 1 aromatic carbocycles. The predicted molar refractivity (Wildman–Crippen MR) is 98.4 cm³/mol. The van der Waals surface area contributed by atoms with Crippen LogP contribution in [0.1, 0.15) is 18.4 Å². The minimum Gasteiger partial charge on any atom is -0.481 e. The minimum atomic E-state index is -0.818. The van der Waals surface area contributed by atoms with Gasteiger partial charge in [-0.15, -0.1) is 0 Å². The zero-order chi connectivity index (χ0) is 19.0. The number of carboxylic acids is 1. The summed E-state index contributed by atoms with van der Waals surface area (Å²) >= 11 is 0. The Bertz CT molecular complexity index is 895. The number of fused-ring (bicyclic) bond motifs is 1. The Morgan fingerprint density at radius 1 is 1.15 bits per heavy atom.